The molecule has 0 aromatic heterocycles. The smallest absolute Gasteiger partial charge is 0.317 e. The fourth-order valence-corrected chi connectivity index (χ4v) is 5.06. The van der Waals surface area contributed by atoms with E-state index >= 15 is 0 Å². The van der Waals surface area contributed by atoms with Crippen LogP contribution in [0.3, 0.4) is 0 Å². The molecule has 28 heavy (non-hydrogen) atoms. The standard InChI is InChI=1S/C20H32N4O3S/c1-16-6-4-5-7-19(16)23-12-8-17(9-13-23)21-20(25)22(2)18-10-14-24(15-11-18)28(3,26)27/h4-7,17-18H,8-15H2,1-3H3,(H,21,25). The number of piperidine rings is 2. The normalized spacial score (nSPS) is 20.2. The molecule has 156 valence electrons. The maximum atomic E-state index is 12.7. The molecule has 0 atom stereocenters. The van der Waals surface area contributed by atoms with Crippen LogP contribution in [-0.4, -0.2) is 75.2 Å². The van der Waals surface area contributed by atoms with Gasteiger partial charge in [-0.05, 0) is 44.2 Å². The number of sulfonamides is 1. The number of anilines is 1. The minimum Gasteiger partial charge on any atom is -0.371 e. The van der Waals surface area contributed by atoms with Crippen molar-refractivity contribution in [2.24, 2.45) is 0 Å². The zero-order valence-corrected chi connectivity index (χ0v) is 17.9. The van der Waals surface area contributed by atoms with Crippen molar-refractivity contribution >= 4 is 21.7 Å². The fraction of sp³-hybridized carbons (Fsp3) is 0.650. The first-order chi connectivity index (χ1) is 13.3. The predicted molar refractivity (Wildman–Crippen MR) is 112 cm³/mol. The van der Waals surface area contributed by atoms with Crippen LogP contribution >= 0.6 is 0 Å². The van der Waals surface area contributed by atoms with Gasteiger partial charge in [-0.3, -0.25) is 0 Å². The van der Waals surface area contributed by atoms with E-state index in [1.165, 1.54) is 21.8 Å². The highest BCUT2D eigenvalue weighted by molar-refractivity contribution is 7.88. The van der Waals surface area contributed by atoms with Crippen molar-refractivity contribution < 1.29 is 13.2 Å². The number of urea groups is 1. The summed E-state index contributed by atoms with van der Waals surface area (Å²) in [5, 5.41) is 3.17. The first-order valence-corrected chi connectivity index (χ1v) is 11.9. The van der Waals surface area contributed by atoms with Crippen molar-refractivity contribution in [2.75, 3.05) is 44.4 Å². The Morgan fingerprint density at radius 3 is 2.25 bits per heavy atom. The first-order valence-electron chi connectivity index (χ1n) is 10.0. The molecule has 2 fully saturated rings. The van der Waals surface area contributed by atoms with Crippen LogP contribution in [0.4, 0.5) is 10.5 Å². The number of nitrogens with zero attached hydrogens (tertiary/aromatic N) is 3. The molecule has 2 aliphatic heterocycles. The van der Waals surface area contributed by atoms with Gasteiger partial charge in [0.25, 0.3) is 0 Å². The zero-order chi connectivity index (χ0) is 20.3. The van der Waals surface area contributed by atoms with E-state index in [4.69, 9.17) is 0 Å². The van der Waals surface area contributed by atoms with Crippen LogP contribution in [0.5, 0.6) is 0 Å². The summed E-state index contributed by atoms with van der Waals surface area (Å²) in [7, 11) is -1.32. The fourth-order valence-electron chi connectivity index (χ4n) is 4.19. The summed E-state index contributed by atoms with van der Waals surface area (Å²) < 4.78 is 24.8. The summed E-state index contributed by atoms with van der Waals surface area (Å²) in [6.07, 6.45) is 4.47. The van der Waals surface area contributed by atoms with Gasteiger partial charge in [0.15, 0.2) is 0 Å². The Kier molecular flexibility index (Phi) is 6.50. The van der Waals surface area contributed by atoms with Gasteiger partial charge in [0, 0.05) is 51.0 Å². The monoisotopic (exact) mass is 408 g/mol. The van der Waals surface area contributed by atoms with Crippen molar-refractivity contribution in [2.45, 2.75) is 44.7 Å². The van der Waals surface area contributed by atoms with Crippen molar-refractivity contribution in [3.8, 4) is 0 Å². The summed E-state index contributed by atoms with van der Waals surface area (Å²) in [5.74, 6) is 0. The molecule has 0 bridgehead atoms. The maximum absolute atomic E-state index is 12.7. The van der Waals surface area contributed by atoms with Crippen molar-refractivity contribution in [3.63, 3.8) is 0 Å². The Bertz CT molecular complexity index is 782. The van der Waals surface area contributed by atoms with Crippen LogP contribution in [0.1, 0.15) is 31.2 Å². The molecule has 3 rings (SSSR count). The molecule has 1 aromatic rings. The van der Waals surface area contributed by atoms with Gasteiger partial charge in [0.05, 0.1) is 6.26 Å². The minimum atomic E-state index is -3.14. The number of nitrogens with one attached hydrogen (secondary N) is 1. The lowest BCUT2D eigenvalue weighted by molar-refractivity contribution is 0.159. The number of carbonyl (C=O) groups excluding carboxylic acids is 1. The van der Waals surface area contributed by atoms with Gasteiger partial charge in [-0.25, -0.2) is 17.5 Å². The van der Waals surface area contributed by atoms with Crippen LogP contribution in [-0.2, 0) is 10.0 Å². The summed E-state index contributed by atoms with van der Waals surface area (Å²) >= 11 is 0. The molecular formula is C20H32N4O3S. The Balaban J connectivity index is 1.46. The lowest BCUT2D eigenvalue weighted by Crippen LogP contribution is -2.53. The van der Waals surface area contributed by atoms with Crippen molar-refractivity contribution in [1.29, 1.82) is 0 Å². The SMILES string of the molecule is Cc1ccccc1N1CCC(NC(=O)N(C)C2CCN(S(C)(=O)=O)CC2)CC1. The molecule has 0 saturated carbocycles. The van der Waals surface area contributed by atoms with E-state index in [9.17, 15) is 13.2 Å². The van der Waals surface area contributed by atoms with Gasteiger partial charge in [-0.2, -0.15) is 0 Å². The van der Waals surface area contributed by atoms with Gasteiger partial charge in [-0.15, -0.1) is 0 Å². The molecule has 0 unspecified atom stereocenters. The van der Waals surface area contributed by atoms with E-state index in [0.717, 1.165) is 25.9 Å². The van der Waals surface area contributed by atoms with Crippen molar-refractivity contribution in [3.05, 3.63) is 29.8 Å². The zero-order valence-electron chi connectivity index (χ0n) is 17.1. The summed E-state index contributed by atoms with van der Waals surface area (Å²) in [6, 6.07) is 8.64. The molecule has 2 saturated heterocycles. The molecular weight excluding hydrogens is 376 g/mol. The quantitative estimate of drug-likeness (QED) is 0.827. The second kappa shape index (κ2) is 8.69. The van der Waals surface area contributed by atoms with Crippen LogP contribution < -0.4 is 10.2 Å². The molecule has 8 heteroatoms. The highest BCUT2D eigenvalue weighted by Crippen LogP contribution is 2.24. The van der Waals surface area contributed by atoms with Gasteiger partial charge in [0.1, 0.15) is 0 Å². The Labute approximate surface area is 168 Å². The number of carbonyl (C=O) groups is 1. The van der Waals surface area contributed by atoms with Gasteiger partial charge >= 0.3 is 6.03 Å². The van der Waals surface area contributed by atoms with E-state index < -0.39 is 10.0 Å². The van der Waals surface area contributed by atoms with Crippen LogP contribution in [0.25, 0.3) is 0 Å². The molecule has 7 nitrogen and oxygen atoms in total. The molecule has 0 spiro atoms. The summed E-state index contributed by atoms with van der Waals surface area (Å²) in [4.78, 5) is 16.8. The van der Waals surface area contributed by atoms with E-state index in [0.29, 0.717) is 25.9 Å². The van der Waals surface area contributed by atoms with Gasteiger partial charge in [0.2, 0.25) is 10.0 Å². The molecule has 2 aliphatic rings. The third-order valence-electron chi connectivity index (χ3n) is 6.04. The number of hydrogen-bond donors (Lipinski definition) is 1. The highest BCUT2D eigenvalue weighted by atomic mass is 32.2. The molecule has 2 heterocycles. The lowest BCUT2D eigenvalue weighted by Gasteiger charge is -2.38. The number of rotatable bonds is 4. The Morgan fingerprint density at radius 1 is 1.07 bits per heavy atom. The number of amides is 2. The number of para-hydroxylation sites is 1. The average Bonchev–Trinajstić information content (AvgIpc) is 2.68. The predicted octanol–water partition coefficient (Wildman–Crippen LogP) is 2.03. The average molecular weight is 409 g/mol. The van der Waals surface area contributed by atoms with E-state index in [1.54, 1.807) is 4.90 Å². The topological polar surface area (TPSA) is 73.0 Å². The molecule has 0 aliphatic carbocycles. The maximum Gasteiger partial charge on any atom is 0.317 e. The first kappa shape index (κ1) is 20.9. The van der Waals surface area contributed by atoms with Crippen LogP contribution in [0.15, 0.2) is 24.3 Å². The molecule has 1 N–H and O–H groups in total. The Morgan fingerprint density at radius 2 is 1.68 bits per heavy atom. The second-order valence-corrected chi connectivity index (χ2v) is 9.98. The summed E-state index contributed by atoms with van der Waals surface area (Å²) in [5.41, 5.74) is 2.56. The lowest BCUT2D eigenvalue weighted by atomic mass is 10.0. The third kappa shape index (κ3) is 4.97. The van der Waals surface area contributed by atoms with Crippen LogP contribution in [0.2, 0.25) is 0 Å². The Hall–Kier alpha value is -1.80. The van der Waals surface area contributed by atoms with E-state index in [-0.39, 0.29) is 18.1 Å². The van der Waals surface area contributed by atoms with E-state index in [1.807, 2.05) is 7.05 Å². The van der Waals surface area contributed by atoms with Gasteiger partial charge < -0.3 is 15.1 Å². The minimum absolute atomic E-state index is 0.0489. The molecule has 2 amide bonds. The largest absolute Gasteiger partial charge is 0.371 e. The second-order valence-electron chi connectivity index (χ2n) is 8.00. The third-order valence-corrected chi connectivity index (χ3v) is 7.34. The van der Waals surface area contributed by atoms with Crippen molar-refractivity contribution in [1.82, 2.24) is 14.5 Å². The number of aryl methyl sites for hydroxylation is 1. The number of benzene rings is 1. The molecule has 1 aromatic carbocycles. The van der Waals surface area contributed by atoms with Crippen LogP contribution in [0, 0.1) is 6.92 Å². The molecule has 0 radical (unpaired) electrons. The van der Waals surface area contributed by atoms with Gasteiger partial charge in [-0.1, -0.05) is 18.2 Å². The highest BCUT2D eigenvalue weighted by Gasteiger charge is 2.30. The number of hydrogen-bond acceptors (Lipinski definition) is 4. The summed E-state index contributed by atoms with van der Waals surface area (Å²) in [6.45, 7) is 4.97. The van der Waals surface area contributed by atoms with E-state index in [2.05, 4.69) is 41.4 Å².